The maximum absolute atomic E-state index is 13.0. The summed E-state index contributed by atoms with van der Waals surface area (Å²) in [6, 6.07) is 6.17. The van der Waals surface area contributed by atoms with Crippen molar-refractivity contribution in [3.05, 3.63) is 50.4 Å². The van der Waals surface area contributed by atoms with E-state index in [2.05, 4.69) is 24.8 Å². The minimum Gasteiger partial charge on any atom is -0.494 e. The van der Waals surface area contributed by atoms with Crippen LogP contribution in [0.1, 0.15) is 12.8 Å². The molecule has 5 heterocycles. The number of fused-ring (bicyclic) bond motifs is 6. The van der Waals surface area contributed by atoms with E-state index in [9.17, 15) is 9.59 Å². The fourth-order valence-electron chi connectivity index (χ4n) is 5.13. The number of benzene rings is 1. The van der Waals surface area contributed by atoms with Crippen molar-refractivity contribution >= 4 is 74.0 Å². The van der Waals surface area contributed by atoms with E-state index in [0.717, 1.165) is 56.2 Å². The number of thiophene rings is 1. The molecule has 10 nitrogen and oxygen atoms in total. The van der Waals surface area contributed by atoms with Crippen molar-refractivity contribution in [2.75, 3.05) is 44.8 Å². The first-order valence-corrected chi connectivity index (χ1v) is 13.1. The van der Waals surface area contributed by atoms with Gasteiger partial charge in [0, 0.05) is 26.2 Å². The summed E-state index contributed by atoms with van der Waals surface area (Å²) in [4.78, 5) is 42.4. The highest BCUT2D eigenvalue weighted by molar-refractivity contribution is 7.25. The van der Waals surface area contributed by atoms with Crippen LogP contribution in [0.4, 0.5) is 5.69 Å². The number of methoxy groups -OCH3 is 1. The Bertz CT molecular complexity index is 1560. The van der Waals surface area contributed by atoms with Crippen molar-refractivity contribution in [3.63, 3.8) is 0 Å². The molecule has 0 aliphatic carbocycles. The molecule has 0 bridgehead atoms. The number of unbranched alkanes of at least 4 members (excludes halogenated alkanes) is 1. The van der Waals surface area contributed by atoms with Crippen molar-refractivity contribution < 1.29 is 9.47 Å². The Morgan fingerprint density at radius 1 is 1.21 bits per heavy atom. The lowest BCUT2D eigenvalue weighted by Crippen LogP contribution is -2.57. The summed E-state index contributed by atoms with van der Waals surface area (Å²) in [5.74, 6) is 1.71. The molecule has 0 amide bonds. The first-order chi connectivity index (χ1) is 17.5. The number of piperazine rings is 1. The number of ether oxygens (including phenoxy) is 2. The van der Waals surface area contributed by atoms with Crippen molar-refractivity contribution in [2.24, 2.45) is 0 Å². The Balaban J connectivity index is 0.00000168. The Hall–Kier alpha value is -2.57. The lowest BCUT2D eigenvalue weighted by molar-refractivity contribution is 0.163. The van der Waals surface area contributed by atoms with Crippen molar-refractivity contribution in [1.29, 1.82) is 0 Å². The molecular formula is C24H27Cl3N6O4S. The number of aromatic amines is 1. The fraction of sp³-hybridized carbons (Fsp3) is 0.417. The number of para-hydroxylation sites is 1. The Morgan fingerprint density at radius 3 is 2.84 bits per heavy atom. The molecular weight excluding hydrogens is 575 g/mol. The molecule has 1 N–H and O–H groups in total. The Morgan fingerprint density at radius 2 is 2.03 bits per heavy atom. The van der Waals surface area contributed by atoms with Gasteiger partial charge in [-0.2, -0.15) is 0 Å². The molecule has 6 rings (SSSR count). The van der Waals surface area contributed by atoms with Crippen LogP contribution in [0.3, 0.4) is 0 Å². The van der Waals surface area contributed by atoms with E-state index in [1.807, 2.05) is 18.2 Å². The molecule has 0 saturated carbocycles. The van der Waals surface area contributed by atoms with E-state index < -0.39 is 5.69 Å². The summed E-state index contributed by atoms with van der Waals surface area (Å²) < 4.78 is 13.3. The number of hydrogen-bond donors (Lipinski definition) is 1. The highest BCUT2D eigenvalue weighted by Gasteiger charge is 2.34. The van der Waals surface area contributed by atoms with Gasteiger partial charge in [0.25, 0.3) is 5.56 Å². The van der Waals surface area contributed by atoms with Gasteiger partial charge in [-0.15, -0.1) is 36.2 Å². The zero-order valence-electron chi connectivity index (χ0n) is 20.5. The average Bonchev–Trinajstić information content (AvgIpc) is 3.25. The van der Waals surface area contributed by atoms with Gasteiger partial charge < -0.3 is 19.4 Å². The van der Waals surface area contributed by atoms with Crippen LogP contribution in [0.5, 0.6) is 11.5 Å². The smallest absolute Gasteiger partial charge is 0.328 e. The number of nitrogens with one attached hydrogen (secondary N) is 1. The van der Waals surface area contributed by atoms with Gasteiger partial charge in [-0.05, 0) is 31.5 Å². The van der Waals surface area contributed by atoms with Gasteiger partial charge in [-0.3, -0.25) is 14.3 Å². The molecule has 2 aliphatic rings. The first-order valence-electron chi connectivity index (χ1n) is 11.9. The number of H-pyrrole nitrogens is 1. The van der Waals surface area contributed by atoms with Gasteiger partial charge in [0.05, 0.1) is 24.9 Å². The van der Waals surface area contributed by atoms with Crippen LogP contribution in [0.25, 0.3) is 20.6 Å². The van der Waals surface area contributed by atoms with Gasteiger partial charge >= 0.3 is 5.69 Å². The normalized spacial score (nSPS) is 16.8. The number of rotatable bonds is 6. The summed E-state index contributed by atoms with van der Waals surface area (Å²) in [5.41, 5.74) is 1.15. The van der Waals surface area contributed by atoms with Crippen molar-refractivity contribution in [2.45, 2.75) is 25.4 Å². The molecule has 1 unspecified atom stereocenters. The molecule has 14 heteroatoms. The van der Waals surface area contributed by atoms with Gasteiger partial charge in [0.1, 0.15) is 44.0 Å². The minimum atomic E-state index is -0.436. The second-order valence-electron chi connectivity index (χ2n) is 9.01. The van der Waals surface area contributed by atoms with E-state index in [4.69, 9.17) is 21.1 Å². The van der Waals surface area contributed by atoms with Gasteiger partial charge in [-0.1, -0.05) is 17.7 Å². The van der Waals surface area contributed by atoms with E-state index in [-0.39, 0.29) is 41.6 Å². The largest absolute Gasteiger partial charge is 0.494 e. The highest BCUT2D eigenvalue weighted by atomic mass is 35.5. The summed E-state index contributed by atoms with van der Waals surface area (Å²) in [6.07, 6.45) is 3.03. The third-order valence-corrected chi connectivity index (χ3v) is 8.12. The minimum absolute atomic E-state index is 0. The quantitative estimate of drug-likeness (QED) is 0.335. The van der Waals surface area contributed by atoms with Crippen LogP contribution in [-0.4, -0.2) is 70.4 Å². The number of nitrogens with zero attached hydrogens (tertiary/aromatic N) is 5. The standard InChI is InChI=1S/C24H25ClN6O4S.2ClH/c1-34-15-5-4-6-16-20(15)30-10-9-29(12-14(30)13-35-16)7-2-3-8-31-23(32)21-18(28-24(31)33)19-22(36-21)26-11-17(25)27-19;;/h4-6,11,14H,2-3,7-10,12-13H2,1H3,(H,28,33);2*1H. The molecule has 38 heavy (non-hydrogen) atoms. The maximum atomic E-state index is 13.0. The number of anilines is 1. The van der Waals surface area contributed by atoms with E-state index >= 15 is 0 Å². The summed E-state index contributed by atoms with van der Waals surface area (Å²) in [5, 5.41) is 0.219. The lowest BCUT2D eigenvalue weighted by Gasteiger charge is -2.46. The maximum Gasteiger partial charge on any atom is 0.328 e. The first kappa shape index (κ1) is 28.4. The summed E-state index contributed by atoms with van der Waals surface area (Å²) in [7, 11) is 1.69. The topological polar surface area (TPSA) is 106 Å². The second kappa shape index (κ2) is 11.7. The molecule has 0 spiro atoms. The Kier molecular flexibility index (Phi) is 8.73. The predicted molar refractivity (Wildman–Crippen MR) is 155 cm³/mol. The van der Waals surface area contributed by atoms with Crippen LogP contribution < -0.4 is 25.6 Å². The zero-order chi connectivity index (χ0) is 24.8. The van der Waals surface area contributed by atoms with Crippen LogP contribution >= 0.6 is 47.8 Å². The van der Waals surface area contributed by atoms with Crippen LogP contribution in [0.15, 0.2) is 34.0 Å². The second-order valence-corrected chi connectivity index (χ2v) is 10.4. The molecule has 2 aliphatic heterocycles. The monoisotopic (exact) mass is 600 g/mol. The van der Waals surface area contributed by atoms with Crippen LogP contribution in [0, 0.1) is 0 Å². The third kappa shape index (κ3) is 5.05. The highest BCUT2D eigenvalue weighted by Crippen LogP contribution is 2.42. The summed E-state index contributed by atoms with van der Waals surface area (Å²) in [6.45, 7) is 4.63. The van der Waals surface area contributed by atoms with Crippen LogP contribution in [-0.2, 0) is 6.54 Å². The lowest BCUT2D eigenvalue weighted by atomic mass is 10.1. The van der Waals surface area contributed by atoms with Gasteiger partial charge in [0.15, 0.2) is 0 Å². The number of aromatic nitrogens is 4. The van der Waals surface area contributed by atoms with Gasteiger partial charge in [0.2, 0.25) is 0 Å². The molecule has 4 aromatic rings. The molecule has 1 saturated heterocycles. The van der Waals surface area contributed by atoms with E-state index in [0.29, 0.717) is 33.7 Å². The fourth-order valence-corrected chi connectivity index (χ4v) is 6.25. The molecule has 0 radical (unpaired) electrons. The van der Waals surface area contributed by atoms with Crippen molar-refractivity contribution in [3.8, 4) is 11.5 Å². The molecule has 1 fully saturated rings. The van der Waals surface area contributed by atoms with E-state index in [1.54, 1.807) is 7.11 Å². The molecule has 1 atom stereocenters. The molecule has 204 valence electrons. The average molecular weight is 602 g/mol. The summed E-state index contributed by atoms with van der Waals surface area (Å²) >= 11 is 7.17. The predicted octanol–water partition coefficient (Wildman–Crippen LogP) is 3.56. The van der Waals surface area contributed by atoms with Gasteiger partial charge in [-0.25, -0.2) is 14.8 Å². The molecule has 3 aromatic heterocycles. The molecule has 1 aromatic carbocycles. The number of halogens is 3. The zero-order valence-corrected chi connectivity index (χ0v) is 23.7. The van der Waals surface area contributed by atoms with Crippen molar-refractivity contribution in [1.82, 2.24) is 24.4 Å². The SMILES string of the molecule is COc1cccc2c1N1CCN(CCCCn3c(=O)[nH]c4c(sc5ncc(Cl)nc54)c3=O)CC1CO2.Cl.Cl. The number of hydrogen-bond acceptors (Lipinski definition) is 9. The van der Waals surface area contributed by atoms with Crippen LogP contribution in [0.2, 0.25) is 5.15 Å². The third-order valence-electron chi connectivity index (χ3n) is 6.86. The van der Waals surface area contributed by atoms with E-state index in [1.165, 1.54) is 22.1 Å². The Labute approximate surface area is 239 Å².